The van der Waals surface area contributed by atoms with Crippen LogP contribution in [0.4, 0.5) is 0 Å². The van der Waals surface area contributed by atoms with Crippen molar-refractivity contribution < 1.29 is 4.79 Å². The van der Waals surface area contributed by atoms with E-state index < -0.39 is 0 Å². The second-order valence-corrected chi connectivity index (χ2v) is 4.83. The fourth-order valence-corrected chi connectivity index (χ4v) is 2.52. The van der Waals surface area contributed by atoms with Crippen molar-refractivity contribution in [2.75, 3.05) is 6.54 Å². The Hall–Kier alpha value is -1.74. The molecule has 92 valence electrons. The van der Waals surface area contributed by atoms with E-state index in [9.17, 15) is 4.79 Å². The molecular weight excluding hydrogens is 224 g/mol. The van der Waals surface area contributed by atoms with Gasteiger partial charge >= 0.3 is 0 Å². The van der Waals surface area contributed by atoms with Gasteiger partial charge in [-0.25, -0.2) is 0 Å². The third-order valence-electron chi connectivity index (χ3n) is 3.52. The third kappa shape index (κ3) is 2.27. The number of nitrogens with one attached hydrogen (secondary N) is 1. The Morgan fingerprint density at radius 3 is 3.17 bits per heavy atom. The molecule has 3 nitrogen and oxygen atoms in total. The maximum absolute atomic E-state index is 12.2. The van der Waals surface area contributed by atoms with Crippen LogP contribution in [0.1, 0.15) is 29.6 Å². The largest absolute Gasteiger partial charge is 0.314 e. The van der Waals surface area contributed by atoms with Crippen molar-refractivity contribution in [2.24, 2.45) is 0 Å². The molecule has 1 fully saturated rings. The van der Waals surface area contributed by atoms with Crippen LogP contribution in [0.15, 0.2) is 36.5 Å². The Kier molecular flexibility index (Phi) is 3.07. The second kappa shape index (κ2) is 4.86. The van der Waals surface area contributed by atoms with E-state index in [0.29, 0.717) is 12.5 Å². The van der Waals surface area contributed by atoms with Crippen LogP contribution in [0, 0.1) is 0 Å². The van der Waals surface area contributed by atoms with E-state index in [0.717, 1.165) is 29.4 Å². The zero-order chi connectivity index (χ0) is 12.4. The number of pyridine rings is 1. The molecule has 2 heterocycles. The van der Waals surface area contributed by atoms with Crippen LogP contribution in [0.2, 0.25) is 0 Å². The summed E-state index contributed by atoms with van der Waals surface area (Å²) in [6.07, 6.45) is 4.67. The molecule has 0 bridgehead atoms. The molecule has 1 aliphatic heterocycles. The van der Waals surface area contributed by atoms with Gasteiger partial charge in [0.05, 0.1) is 5.52 Å². The molecule has 0 aliphatic carbocycles. The lowest BCUT2D eigenvalue weighted by atomic mass is 10.0. The lowest BCUT2D eigenvalue weighted by molar-refractivity contribution is 0.0972. The van der Waals surface area contributed by atoms with Gasteiger partial charge in [-0.15, -0.1) is 0 Å². The molecule has 1 unspecified atom stereocenters. The molecule has 0 spiro atoms. The summed E-state index contributed by atoms with van der Waals surface area (Å²) in [5.74, 6) is 0.222. The first kappa shape index (κ1) is 11.4. The number of carbonyl (C=O) groups excluding carboxylic acids is 1. The van der Waals surface area contributed by atoms with E-state index >= 15 is 0 Å². The Balaban J connectivity index is 1.82. The lowest BCUT2D eigenvalue weighted by Gasteiger charge is -2.09. The summed E-state index contributed by atoms with van der Waals surface area (Å²) >= 11 is 0. The SMILES string of the molecule is O=C(CC1CCCN1)c1ccc2ncccc2c1. The fraction of sp³-hybridized carbons (Fsp3) is 0.333. The van der Waals surface area contributed by atoms with E-state index in [1.807, 2.05) is 30.3 Å². The van der Waals surface area contributed by atoms with E-state index in [1.54, 1.807) is 6.20 Å². The average Bonchev–Trinajstić information content (AvgIpc) is 2.91. The van der Waals surface area contributed by atoms with Crippen LogP contribution in [0.3, 0.4) is 0 Å². The minimum absolute atomic E-state index is 0.222. The van der Waals surface area contributed by atoms with Crippen molar-refractivity contribution in [2.45, 2.75) is 25.3 Å². The highest BCUT2D eigenvalue weighted by atomic mass is 16.1. The molecule has 0 radical (unpaired) electrons. The molecule has 18 heavy (non-hydrogen) atoms. The number of carbonyl (C=O) groups is 1. The first-order valence-corrected chi connectivity index (χ1v) is 6.44. The Bertz CT molecular complexity index is 573. The summed E-state index contributed by atoms with van der Waals surface area (Å²) in [5, 5.41) is 4.39. The summed E-state index contributed by atoms with van der Waals surface area (Å²) in [5.41, 5.74) is 1.73. The average molecular weight is 240 g/mol. The van der Waals surface area contributed by atoms with Gasteiger partial charge < -0.3 is 5.32 Å². The molecule has 1 aromatic carbocycles. The van der Waals surface area contributed by atoms with E-state index in [4.69, 9.17) is 0 Å². The van der Waals surface area contributed by atoms with Crippen LogP contribution < -0.4 is 5.32 Å². The van der Waals surface area contributed by atoms with Crippen LogP contribution in [0.25, 0.3) is 10.9 Å². The number of aromatic nitrogens is 1. The molecular formula is C15H16N2O. The predicted octanol–water partition coefficient (Wildman–Crippen LogP) is 2.56. The van der Waals surface area contributed by atoms with Gasteiger partial charge in [-0.1, -0.05) is 6.07 Å². The van der Waals surface area contributed by atoms with Gasteiger partial charge in [-0.2, -0.15) is 0 Å². The van der Waals surface area contributed by atoms with Crippen LogP contribution in [-0.4, -0.2) is 23.4 Å². The van der Waals surface area contributed by atoms with Gasteiger partial charge in [-0.05, 0) is 43.7 Å². The van der Waals surface area contributed by atoms with Crippen molar-refractivity contribution in [3.8, 4) is 0 Å². The number of benzene rings is 1. The van der Waals surface area contributed by atoms with Crippen molar-refractivity contribution in [1.82, 2.24) is 10.3 Å². The number of Topliss-reactive ketones (excluding diaryl/α,β-unsaturated/α-hetero) is 1. The summed E-state index contributed by atoms with van der Waals surface area (Å²) in [6.45, 7) is 1.04. The number of ketones is 1. The minimum atomic E-state index is 0.222. The second-order valence-electron chi connectivity index (χ2n) is 4.83. The number of hydrogen-bond donors (Lipinski definition) is 1. The smallest absolute Gasteiger partial charge is 0.164 e. The molecule has 3 rings (SSSR count). The van der Waals surface area contributed by atoms with Gasteiger partial charge in [0, 0.05) is 29.6 Å². The molecule has 1 aliphatic rings. The topological polar surface area (TPSA) is 42.0 Å². The van der Waals surface area contributed by atoms with Gasteiger partial charge in [0.2, 0.25) is 0 Å². The molecule has 1 aromatic heterocycles. The zero-order valence-electron chi connectivity index (χ0n) is 10.2. The molecule has 1 saturated heterocycles. The van der Waals surface area contributed by atoms with Gasteiger partial charge in [0.15, 0.2) is 5.78 Å². The standard InChI is InChI=1S/C15H16N2O/c18-15(10-13-4-2-7-16-13)12-5-6-14-11(9-12)3-1-8-17-14/h1,3,5-6,8-9,13,16H,2,4,7,10H2. The normalized spacial score (nSPS) is 19.2. The Morgan fingerprint density at radius 2 is 2.33 bits per heavy atom. The number of fused-ring (bicyclic) bond motifs is 1. The highest BCUT2D eigenvalue weighted by Crippen LogP contribution is 2.17. The quantitative estimate of drug-likeness (QED) is 0.838. The third-order valence-corrected chi connectivity index (χ3v) is 3.52. The lowest BCUT2D eigenvalue weighted by Crippen LogP contribution is -2.24. The first-order chi connectivity index (χ1) is 8.83. The Labute approximate surface area is 106 Å². The maximum atomic E-state index is 12.2. The molecule has 0 saturated carbocycles. The predicted molar refractivity (Wildman–Crippen MR) is 71.7 cm³/mol. The zero-order valence-corrected chi connectivity index (χ0v) is 10.2. The summed E-state index contributed by atoms with van der Waals surface area (Å²) < 4.78 is 0. The maximum Gasteiger partial charge on any atom is 0.164 e. The van der Waals surface area contributed by atoms with Crippen LogP contribution >= 0.6 is 0 Å². The Morgan fingerprint density at radius 1 is 1.39 bits per heavy atom. The molecule has 1 N–H and O–H groups in total. The van der Waals surface area contributed by atoms with Crippen molar-refractivity contribution in [3.05, 3.63) is 42.1 Å². The van der Waals surface area contributed by atoms with Crippen molar-refractivity contribution in [3.63, 3.8) is 0 Å². The van der Waals surface area contributed by atoms with E-state index in [2.05, 4.69) is 10.3 Å². The number of rotatable bonds is 3. The molecule has 0 amide bonds. The highest BCUT2D eigenvalue weighted by Gasteiger charge is 2.18. The number of hydrogen-bond acceptors (Lipinski definition) is 3. The molecule has 2 aromatic rings. The minimum Gasteiger partial charge on any atom is -0.314 e. The van der Waals surface area contributed by atoms with Gasteiger partial charge in [0.1, 0.15) is 0 Å². The van der Waals surface area contributed by atoms with Crippen LogP contribution in [0.5, 0.6) is 0 Å². The monoisotopic (exact) mass is 240 g/mol. The van der Waals surface area contributed by atoms with E-state index in [1.165, 1.54) is 6.42 Å². The highest BCUT2D eigenvalue weighted by molar-refractivity contribution is 5.99. The summed E-state index contributed by atoms with van der Waals surface area (Å²) in [6, 6.07) is 10.0. The van der Waals surface area contributed by atoms with Gasteiger partial charge in [0.25, 0.3) is 0 Å². The van der Waals surface area contributed by atoms with Crippen molar-refractivity contribution in [1.29, 1.82) is 0 Å². The number of nitrogens with zero attached hydrogens (tertiary/aromatic N) is 1. The fourth-order valence-electron chi connectivity index (χ4n) is 2.52. The van der Waals surface area contributed by atoms with E-state index in [-0.39, 0.29) is 5.78 Å². The first-order valence-electron chi connectivity index (χ1n) is 6.44. The van der Waals surface area contributed by atoms with Crippen molar-refractivity contribution >= 4 is 16.7 Å². The van der Waals surface area contributed by atoms with Gasteiger partial charge in [-0.3, -0.25) is 9.78 Å². The summed E-state index contributed by atoms with van der Waals surface area (Å²) in [4.78, 5) is 16.4. The molecule has 3 heteroatoms. The molecule has 1 atom stereocenters. The van der Waals surface area contributed by atoms with Crippen LogP contribution in [-0.2, 0) is 0 Å². The summed E-state index contributed by atoms with van der Waals surface area (Å²) in [7, 11) is 0.